The number of hydrogen-bond acceptors (Lipinski definition) is 5. The van der Waals surface area contributed by atoms with Crippen molar-refractivity contribution in [2.45, 2.75) is 25.3 Å². The van der Waals surface area contributed by atoms with Gasteiger partial charge in [-0.1, -0.05) is 6.42 Å². The summed E-state index contributed by atoms with van der Waals surface area (Å²) in [5.74, 6) is 0. The van der Waals surface area contributed by atoms with Gasteiger partial charge in [0.05, 0.1) is 6.61 Å². The fourth-order valence-corrected chi connectivity index (χ4v) is 5.60. The molecule has 0 spiro atoms. The Balaban J connectivity index is 2.89. The Morgan fingerprint density at radius 1 is 1.25 bits per heavy atom. The van der Waals surface area contributed by atoms with Crippen molar-refractivity contribution in [3.05, 3.63) is 0 Å². The molecule has 0 aliphatic carbocycles. The van der Waals surface area contributed by atoms with Crippen LogP contribution in [0.15, 0.2) is 0 Å². The molecule has 1 unspecified atom stereocenters. The minimum atomic E-state index is -3.82. The van der Waals surface area contributed by atoms with Crippen molar-refractivity contribution in [3.63, 3.8) is 0 Å². The summed E-state index contributed by atoms with van der Waals surface area (Å²) < 4.78 is 46.8. The molecule has 0 bridgehead atoms. The predicted octanol–water partition coefficient (Wildman–Crippen LogP) is -0.835. The maximum Gasteiger partial charge on any atom is 0.228 e. The number of sulfone groups is 1. The van der Waals surface area contributed by atoms with Gasteiger partial charge < -0.3 is 5.11 Å². The molecule has 0 saturated carbocycles. The third-order valence-corrected chi connectivity index (χ3v) is 6.60. The zero-order valence-electron chi connectivity index (χ0n) is 9.16. The van der Waals surface area contributed by atoms with Crippen molar-refractivity contribution in [2.75, 3.05) is 24.5 Å². The van der Waals surface area contributed by atoms with Crippen molar-refractivity contribution in [2.24, 2.45) is 0 Å². The lowest BCUT2D eigenvalue weighted by Gasteiger charge is -2.33. The molecule has 1 atom stereocenters. The van der Waals surface area contributed by atoms with Gasteiger partial charge >= 0.3 is 0 Å². The Morgan fingerprint density at radius 3 is 2.38 bits per heavy atom. The van der Waals surface area contributed by atoms with E-state index < -0.39 is 31.0 Å². The monoisotopic (exact) mass is 271 g/mol. The highest BCUT2D eigenvalue weighted by atomic mass is 32.3. The quantitative estimate of drug-likeness (QED) is 0.720. The van der Waals surface area contributed by atoms with Gasteiger partial charge in [0.2, 0.25) is 10.0 Å². The van der Waals surface area contributed by atoms with E-state index in [1.807, 2.05) is 0 Å². The molecule has 1 aliphatic heterocycles. The molecule has 0 aromatic heterocycles. The molecule has 0 aromatic rings. The van der Waals surface area contributed by atoms with Crippen LogP contribution in [0.5, 0.6) is 0 Å². The SMILES string of the molecule is CS(=O)(=O)CS(=O)(=O)N1CCCCC1CO. The Kier molecular flexibility index (Phi) is 4.33. The molecule has 1 saturated heterocycles. The van der Waals surface area contributed by atoms with Gasteiger partial charge in [-0.15, -0.1) is 0 Å². The van der Waals surface area contributed by atoms with Gasteiger partial charge in [-0.05, 0) is 12.8 Å². The maximum absolute atomic E-state index is 11.8. The fourth-order valence-electron chi connectivity index (χ4n) is 1.86. The smallest absolute Gasteiger partial charge is 0.228 e. The average molecular weight is 271 g/mol. The summed E-state index contributed by atoms with van der Waals surface area (Å²) in [4.78, 5) is 0. The second-order valence-corrected chi connectivity index (χ2v) is 8.53. The second-order valence-electron chi connectivity index (χ2n) is 4.10. The lowest BCUT2D eigenvalue weighted by molar-refractivity contribution is 0.155. The van der Waals surface area contributed by atoms with Crippen molar-refractivity contribution in [1.82, 2.24) is 4.31 Å². The van der Waals surface area contributed by atoms with E-state index in [2.05, 4.69) is 0 Å². The van der Waals surface area contributed by atoms with E-state index in [-0.39, 0.29) is 6.61 Å². The lowest BCUT2D eigenvalue weighted by Crippen LogP contribution is -2.47. The van der Waals surface area contributed by atoms with Crippen LogP contribution in [0.1, 0.15) is 19.3 Å². The van der Waals surface area contributed by atoms with Gasteiger partial charge in [-0.25, -0.2) is 16.8 Å². The van der Waals surface area contributed by atoms with Gasteiger partial charge in [-0.2, -0.15) is 4.31 Å². The second kappa shape index (κ2) is 4.99. The molecule has 16 heavy (non-hydrogen) atoms. The summed E-state index contributed by atoms with van der Waals surface area (Å²) in [5.41, 5.74) is 0. The summed E-state index contributed by atoms with van der Waals surface area (Å²) in [6.45, 7) is 0.0338. The molecule has 1 rings (SSSR count). The first-order chi connectivity index (χ1) is 7.26. The van der Waals surface area contributed by atoms with E-state index in [4.69, 9.17) is 5.11 Å². The molecule has 0 radical (unpaired) electrons. The number of piperidine rings is 1. The van der Waals surface area contributed by atoms with E-state index in [9.17, 15) is 16.8 Å². The fraction of sp³-hybridized carbons (Fsp3) is 1.00. The van der Waals surface area contributed by atoms with Crippen LogP contribution in [-0.2, 0) is 19.9 Å². The van der Waals surface area contributed by atoms with E-state index >= 15 is 0 Å². The Bertz CT molecular complexity index is 427. The van der Waals surface area contributed by atoms with Gasteiger partial charge in [0, 0.05) is 18.8 Å². The topological polar surface area (TPSA) is 91.8 Å². The summed E-state index contributed by atoms with van der Waals surface area (Å²) in [6, 6.07) is -0.472. The van der Waals surface area contributed by atoms with Crippen molar-refractivity contribution in [1.29, 1.82) is 0 Å². The van der Waals surface area contributed by atoms with Crippen LogP contribution in [0.4, 0.5) is 0 Å². The largest absolute Gasteiger partial charge is 0.395 e. The van der Waals surface area contributed by atoms with E-state index in [1.54, 1.807) is 0 Å². The normalized spacial score (nSPS) is 24.5. The van der Waals surface area contributed by atoms with Gasteiger partial charge in [0.25, 0.3) is 0 Å². The first-order valence-corrected chi connectivity index (χ1v) is 8.71. The van der Waals surface area contributed by atoms with E-state index in [0.29, 0.717) is 19.4 Å². The molecule has 0 amide bonds. The van der Waals surface area contributed by atoms with Crippen LogP contribution in [0.25, 0.3) is 0 Å². The van der Waals surface area contributed by atoms with Crippen molar-refractivity contribution in [3.8, 4) is 0 Å². The first-order valence-electron chi connectivity index (χ1n) is 5.04. The number of rotatable bonds is 4. The highest BCUT2D eigenvalue weighted by Gasteiger charge is 2.33. The molecule has 1 N–H and O–H groups in total. The summed E-state index contributed by atoms with van der Waals surface area (Å²) in [5, 5.41) is 8.19. The number of aliphatic hydroxyl groups excluding tert-OH is 1. The summed E-state index contributed by atoms with van der Waals surface area (Å²) in [7, 11) is -7.39. The number of hydrogen-bond donors (Lipinski definition) is 1. The molecular formula is C8H17NO5S2. The van der Waals surface area contributed by atoms with Crippen LogP contribution in [0.3, 0.4) is 0 Å². The van der Waals surface area contributed by atoms with Crippen LogP contribution in [0, 0.1) is 0 Å². The van der Waals surface area contributed by atoms with Gasteiger partial charge in [0.15, 0.2) is 14.9 Å². The van der Waals surface area contributed by atoms with Crippen LogP contribution in [0.2, 0.25) is 0 Å². The molecule has 1 aliphatic rings. The Hall–Kier alpha value is -0.180. The zero-order chi connectivity index (χ0) is 12.4. The summed E-state index contributed by atoms with van der Waals surface area (Å²) in [6.07, 6.45) is 3.04. The summed E-state index contributed by atoms with van der Waals surface area (Å²) >= 11 is 0. The maximum atomic E-state index is 11.8. The number of nitrogens with zero attached hydrogens (tertiary/aromatic N) is 1. The van der Waals surface area contributed by atoms with Crippen molar-refractivity contribution >= 4 is 19.9 Å². The molecule has 6 nitrogen and oxygen atoms in total. The molecular weight excluding hydrogens is 254 g/mol. The minimum Gasteiger partial charge on any atom is -0.395 e. The highest BCUT2D eigenvalue weighted by molar-refractivity contribution is 8.06. The standard InChI is InChI=1S/C8H17NO5S2/c1-15(11,12)7-16(13,14)9-5-3-2-4-8(9)6-10/h8,10H,2-7H2,1H3. The van der Waals surface area contributed by atoms with Crippen molar-refractivity contribution < 1.29 is 21.9 Å². The third kappa shape index (κ3) is 3.69. The molecule has 1 fully saturated rings. The lowest BCUT2D eigenvalue weighted by atomic mass is 10.1. The third-order valence-electron chi connectivity index (χ3n) is 2.50. The minimum absolute atomic E-state index is 0.261. The first kappa shape index (κ1) is 13.9. The van der Waals surface area contributed by atoms with E-state index in [1.165, 1.54) is 0 Å². The van der Waals surface area contributed by atoms with Crippen LogP contribution >= 0.6 is 0 Å². The van der Waals surface area contributed by atoms with Crippen LogP contribution in [-0.4, -0.2) is 56.8 Å². The van der Waals surface area contributed by atoms with Gasteiger partial charge in [-0.3, -0.25) is 0 Å². The molecule has 0 aromatic carbocycles. The number of aliphatic hydroxyl groups is 1. The predicted molar refractivity (Wildman–Crippen MR) is 60.1 cm³/mol. The Morgan fingerprint density at radius 2 is 1.88 bits per heavy atom. The van der Waals surface area contributed by atoms with Gasteiger partial charge in [0.1, 0.15) is 0 Å². The van der Waals surface area contributed by atoms with Crippen LogP contribution < -0.4 is 0 Å². The molecule has 1 heterocycles. The zero-order valence-corrected chi connectivity index (χ0v) is 10.8. The average Bonchev–Trinajstić information content (AvgIpc) is 2.14. The Labute approximate surface area is 96.2 Å². The highest BCUT2D eigenvalue weighted by Crippen LogP contribution is 2.20. The molecule has 8 heteroatoms. The number of sulfonamides is 1. The van der Waals surface area contributed by atoms with E-state index in [0.717, 1.165) is 17.0 Å². The molecule has 96 valence electrons.